The van der Waals surface area contributed by atoms with Crippen molar-refractivity contribution in [2.24, 2.45) is 0 Å². The first-order valence-corrected chi connectivity index (χ1v) is 9.49. The second-order valence-corrected chi connectivity index (χ2v) is 7.34. The van der Waals surface area contributed by atoms with Gasteiger partial charge in [0.1, 0.15) is 5.82 Å². The van der Waals surface area contributed by atoms with Crippen LogP contribution in [0, 0.1) is 19.7 Å². The summed E-state index contributed by atoms with van der Waals surface area (Å²) in [5, 5.41) is 5.45. The number of rotatable bonds is 8. The van der Waals surface area contributed by atoms with Crippen LogP contribution < -0.4 is 10.6 Å². The summed E-state index contributed by atoms with van der Waals surface area (Å²) < 4.78 is 12.9. The molecule has 8 heteroatoms. The summed E-state index contributed by atoms with van der Waals surface area (Å²) in [4.78, 5) is 39.6. The van der Waals surface area contributed by atoms with Crippen LogP contribution in [0.5, 0.6) is 0 Å². The number of halogens is 1. The molecule has 0 saturated heterocycles. The SMILES string of the molecule is Cc1ccc(C)c(NC(=O)CN(C)C(=O)CN(C)CC(=O)Nc2ccc(F)cc2)c1. The Labute approximate surface area is 175 Å². The Morgan fingerprint density at radius 3 is 2.17 bits per heavy atom. The van der Waals surface area contributed by atoms with Gasteiger partial charge in [-0.15, -0.1) is 0 Å². The Bertz CT molecular complexity index is 915. The van der Waals surface area contributed by atoms with Crippen molar-refractivity contribution >= 4 is 29.1 Å². The van der Waals surface area contributed by atoms with E-state index in [9.17, 15) is 18.8 Å². The number of carbonyl (C=O) groups is 3. The average molecular weight is 414 g/mol. The molecule has 30 heavy (non-hydrogen) atoms. The monoisotopic (exact) mass is 414 g/mol. The summed E-state index contributed by atoms with van der Waals surface area (Å²) >= 11 is 0. The Kier molecular flexibility index (Phi) is 8.06. The summed E-state index contributed by atoms with van der Waals surface area (Å²) in [7, 11) is 3.17. The number of hydrogen-bond acceptors (Lipinski definition) is 4. The fraction of sp³-hybridized carbons (Fsp3) is 0.318. The molecule has 0 bridgehead atoms. The number of nitrogens with one attached hydrogen (secondary N) is 2. The minimum Gasteiger partial charge on any atom is -0.335 e. The molecule has 0 aliphatic rings. The molecule has 0 fully saturated rings. The molecule has 0 spiro atoms. The minimum atomic E-state index is -0.389. The zero-order valence-corrected chi connectivity index (χ0v) is 17.7. The Morgan fingerprint density at radius 2 is 1.50 bits per heavy atom. The Hall–Kier alpha value is -3.26. The van der Waals surface area contributed by atoms with E-state index >= 15 is 0 Å². The molecule has 0 aliphatic carbocycles. The third kappa shape index (κ3) is 7.29. The molecular weight excluding hydrogens is 387 g/mol. The van der Waals surface area contributed by atoms with Crippen molar-refractivity contribution in [1.29, 1.82) is 0 Å². The van der Waals surface area contributed by atoms with Crippen molar-refractivity contribution < 1.29 is 18.8 Å². The molecule has 2 aromatic carbocycles. The molecule has 0 unspecified atom stereocenters. The Morgan fingerprint density at radius 1 is 0.867 bits per heavy atom. The van der Waals surface area contributed by atoms with Gasteiger partial charge in [-0.1, -0.05) is 12.1 Å². The van der Waals surface area contributed by atoms with Gasteiger partial charge in [-0.05, 0) is 62.4 Å². The van der Waals surface area contributed by atoms with Crippen LogP contribution in [0.3, 0.4) is 0 Å². The van der Waals surface area contributed by atoms with Crippen molar-refractivity contribution in [2.75, 3.05) is 44.4 Å². The summed E-state index contributed by atoms with van der Waals surface area (Å²) in [6.45, 7) is 3.69. The van der Waals surface area contributed by atoms with Gasteiger partial charge in [0.25, 0.3) is 0 Å². The van der Waals surface area contributed by atoms with Crippen LogP contribution in [0.2, 0.25) is 0 Å². The van der Waals surface area contributed by atoms with Crippen LogP contribution in [0.4, 0.5) is 15.8 Å². The third-order valence-corrected chi connectivity index (χ3v) is 4.42. The second-order valence-electron chi connectivity index (χ2n) is 7.34. The van der Waals surface area contributed by atoms with Crippen LogP contribution >= 0.6 is 0 Å². The number of hydrogen-bond donors (Lipinski definition) is 2. The lowest BCUT2D eigenvalue weighted by molar-refractivity contribution is -0.134. The molecule has 160 valence electrons. The van der Waals surface area contributed by atoms with Crippen LogP contribution in [0.15, 0.2) is 42.5 Å². The molecule has 2 aromatic rings. The first-order valence-electron chi connectivity index (χ1n) is 9.49. The van der Waals surface area contributed by atoms with Crippen LogP contribution in [0.25, 0.3) is 0 Å². The van der Waals surface area contributed by atoms with Crippen molar-refractivity contribution in [2.45, 2.75) is 13.8 Å². The van der Waals surface area contributed by atoms with E-state index in [2.05, 4.69) is 10.6 Å². The number of benzene rings is 2. The van der Waals surface area contributed by atoms with Crippen molar-refractivity contribution in [1.82, 2.24) is 9.80 Å². The summed E-state index contributed by atoms with van der Waals surface area (Å²) in [5.74, 6) is -1.30. The van der Waals surface area contributed by atoms with E-state index in [0.717, 1.165) is 16.8 Å². The van der Waals surface area contributed by atoms with Gasteiger partial charge in [-0.3, -0.25) is 19.3 Å². The van der Waals surface area contributed by atoms with E-state index in [1.54, 1.807) is 11.9 Å². The van der Waals surface area contributed by atoms with E-state index < -0.39 is 0 Å². The van der Waals surface area contributed by atoms with Gasteiger partial charge >= 0.3 is 0 Å². The molecule has 0 aromatic heterocycles. The number of nitrogens with zero attached hydrogens (tertiary/aromatic N) is 2. The number of carbonyl (C=O) groups excluding carboxylic acids is 3. The minimum absolute atomic E-state index is 0.0222. The number of anilines is 2. The lowest BCUT2D eigenvalue weighted by atomic mass is 10.1. The zero-order valence-electron chi connectivity index (χ0n) is 17.7. The largest absolute Gasteiger partial charge is 0.335 e. The predicted octanol–water partition coefficient (Wildman–Crippen LogP) is 2.41. The molecule has 0 saturated carbocycles. The molecule has 7 nitrogen and oxygen atoms in total. The highest BCUT2D eigenvalue weighted by atomic mass is 19.1. The van der Waals surface area contributed by atoms with E-state index in [-0.39, 0.29) is 43.2 Å². The van der Waals surface area contributed by atoms with Crippen LogP contribution in [-0.2, 0) is 14.4 Å². The van der Waals surface area contributed by atoms with Crippen molar-refractivity contribution in [3.63, 3.8) is 0 Å². The van der Waals surface area contributed by atoms with E-state index in [0.29, 0.717) is 5.69 Å². The van der Waals surface area contributed by atoms with Crippen LogP contribution in [0.1, 0.15) is 11.1 Å². The number of amides is 3. The van der Waals surface area contributed by atoms with Gasteiger partial charge in [-0.2, -0.15) is 0 Å². The predicted molar refractivity (Wildman–Crippen MR) is 115 cm³/mol. The zero-order chi connectivity index (χ0) is 22.3. The van der Waals surface area contributed by atoms with Gasteiger partial charge in [0, 0.05) is 18.4 Å². The molecule has 0 heterocycles. The molecule has 2 N–H and O–H groups in total. The van der Waals surface area contributed by atoms with Gasteiger partial charge in [0.2, 0.25) is 17.7 Å². The lowest BCUT2D eigenvalue weighted by Gasteiger charge is -2.21. The van der Waals surface area contributed by atoms with Crippen molar-refractivity contribution in [3.8, 4) is 0 Å². The van der Waals surface area contributed by atoms with Gasteiger partial charge < -0.3 is 15.5 Å². The van der Waals surface area contributed by atoms with Gasteiger partial charge in [0.15, 0.2) is 0 Å². The normalized spacial score (nSPS) is 10.6. The fourth-order valence-corrected chi connectivity index (χ4v) is 2.75. The highest BCUT2D eigenvalue weighted by molar-refractivity contribution is 5.95. The molecule has 0 radical (unpaired) electrons. The maximum absolute atomic E-state index is 12.9. The molecule has 0 atom stereocenters. The van der Waals surface area contributed by atoms with Crippen LogP contribution in [-0.4, -0.2) is 61.3 Å². The van der Waals surface area contributed by atoms with E-state index in [4.69, 9.17) is 0 Å². The van der Waals surface area contributed by atoms with E-state index in [1.165, 1.54) is 36.2 Å². The highest BCUT2D eigenvalue weighted by Gasteiger charge is 2.17. The maximum Gasteiger partial charge on any atom is 0.243 e. The lowest BCUT2D eigenvalue weighted by Crippen LogP contribution is -2.42. The van der Waals surface area contributed by atoms with Gasteiger partial charge in [-0.25, -0.2) is 4.39 Å². The number of aryl methyl sites for hydroxylation is 2. The van der Waals surface area contributed by atoms with Gasteiger partial charge in [0.05, 0.1) is 19.6 Å². The smallest absolute Gasteiger partial charge is 0.243 e. The number of likely N-dealkylation sites (N-methyl/N-ethyl adjacent to an activating group) is 2. The summed E-state index contributed by atoms with van der Waals surface area (Å²) in [5.41, 5.74) is 3.16. The molecule has 3 amide bonds. The summed E-state index contributed by atoms with van der Waals surface area (Å²) in [6.07, 6.45) is 0. The third-order valence-electron chi connectivity index (χ3n) is 4.42. The maximum atomic E-state index is 12.9. The standard InChI is InChI=1S/C22H27FN4O3/c1-15-5-6-16(2)19(11-15)25-21(29)13-27(4)22(30)14-26(3)12-20(28)24-18-9-7-17(23)8-10-18/h5-11H,12-14H2,1-4H3,(H,24,28)(H,25,29). The van der Waals surface area contributed by atoms with Crippen molar-refractivity contribution in [3.05, 3.63) is 59.4 Å². The fourth-order valence-electron chi connectivity index (χ4n) is 2.75. The first-order chi connectivity index (χ1) is 14.1. The average Bonchev–Trinajstić information content (AvgIpc) is 2.66. The van der Waals surface area contributed by atoms with E-state index in [1.807, 2.05) is 32.0 Å². The second kappa shape index (κ2) is 10.5. The molecule has 0 aliphatic heterocycles. The molecule has 2 rings (SSSR count). The Balaban J connectivity index is 1.79. The summed E-state index contributed by atoms with van der Waals surface area (Å²) in [6, 6.07) is 11.2. The molecular formula is C22H27FN4O3. The topological polar surface area (TPSA) is 81.8 Å². The highest BCUT2D eigenvalue weighted by Crippen LogP contribution is 2.16. The first kappa shape index (κ1) is 23.0. The quantitative estimate of drug-likeness (QED) is 0.695.